The Balaban J connectivity index is 1.58. The van der Waals surface area contributed by atoms with Crippen molar-refractivity contribution >= 4 is 22.9 Å². The second-order valence-electron chi connectivity index (χ2n) is 7.13. The molecule has 5 heteroatoms. The molecule has 3 aromatic rings. The van der Waals surface area contributed by atoms with E-state index in [1.54, 1.807) is 11.0 Å². The van der Waals surface area contributed by atoms with Crippen LogP contribution in [0.4, 0.5) is 0 Å². The Kier molecular flexibility index (Phi) is 5.62. The molecule has 1 amide bonds. The molecular weight excluding hydrogens is 362 g/mol. The number of aromatic nitrogens is 1. The average molecular weight is 385 g/mol. The van der Waals surface area contributed by atoms with E-state index in [2.05, 4.69) is 10.6 Å². The predicted molar refractivity (Wildman–Crippen MR) is 113 cm³/mol. The first-order valence-electron chi connectivity index (χ1n) is 9.93. The number of amides is 1. The fourth-order valence-electron chi connectivity index (χ4n) is 3.74. The summed E-state index contributed by atoms with van der Waals surface area (Å²) in [5, 5.41) is 10.6. The van der Waals surface area contributed by atoms with Crippen molar-refractivity contribution in [2.75, 3.05) is 19.7 Å². The lowest BCUT2D eigenvalue weighted by molar-refractivity contribution is -0.125. The van der Waals surface area contributed by atoms with Crippen molar-refractivity contribution in [2.24, 2.45) is 0 Å². The monoisotopic (exact) mass is 385 g/mol. The molecule has 2 heterocycles. The summed E-state index contributed by atoms with van der Waals surface area (Å²) < 4.78 is 7.94. The number of carbonyl (C=O) groups excluding carboxylic acids is 1. The Morgan fingerprint density at radius 3 is 2.55 bits per heavy atom. The molecule has 1 saturated heterocycles. The van der Waals surface area contributed by atoms with E-state index in [0.29, 0.717) is 13.2 Å². The Morgan fingerprint density at radius 2 is 1.79 bits per heavy atom. The molecule has 1 fully saturated rings. The summed E-state index contributed by atoms with van der Waals surface area (Å²) >= 11 is 0. The van der Waals surface area contributed by atoms with E-state index in [1.165, 1.54) is 0 Å². The molecule has 5 nitrogen and oxygen atoms in total. The molecule has 0 unspecified atom stereocenters. The standard InChI is InChI=1S/C24H23N3O2/c25-17-19(24(28)26-12-6-7-13-26)16-20-18-27(23-11-5-4-10-22(20)23)14-15-29-21-8-2-1-3-9-21/h1-5,8-11,16,18H,6-7,12-15H2/b19-16+. The summed E-state index contributed by atoms with van der Waals surface area (Å²) in [6, 6.07) is 19.9. The Hall–Kier alpha value is -3.52. The third-order valence-corrected chi connectivity index (χ3v) is 5.21. The molecule has 4 rings (SSSR count). The lowest BCUT2D eigenvalue weighted by atomic mass is 10.1. The Morgan fingerprint density at radius 1 is 1.07 bits per heavy atom. The van der Waals surface area contributed by atoms with Gasteiger partial charge in [0.15, 0.2) is 0 Å². The second-order valence-corrected chi connectivity index (χ2v) is 7.13. The van der Waals surface area contributed by atoms with E-state index in [4.69, 9.17) is 4.74 Å². The van der Waals surface area contributed by atoms with E-state index in [0.717, 1.165) is 48.1 Å². The summed E-state index contributed by atoms with van der Waals surface area (Å²) in [5.74, 6) is 0.668. The van der Waals surface area contributed by atoms with Crippen LogP contribution in [0.5, 0.6) is 5.75 Å². The van der Waals surface area contributed by atoms with Gasteiger partial charge < -0.3 is 14.2 Å². The number of nitrogens with zero attached hydrogens (tertiary/aromatic N) is 3. The molecule has 0 saturated carbocycles. The van der Waals surface area contributed by atoms with Gasteiger partial charge in [-0.25, -0.2) is 0 Å². The number of para-hydroxylation sites is 2. The number of hydrogen-bond donors (Lipinski definition) is 0. The van der Waals surface area contributed by atoms with Crippen molar-refractivity contribution in [1.29, 1.82) is 5.26 Å². The number of ether oxygens (including phenoxy) is 1. The van der Waals surface area contributed by atoms with Crippen molar-refractivity contribution in [3.63, 3.8) is 0 Å². The lowest BCUT2D eigenvalue weighted by Gasteiger charge is -2.13. The van der Waals surface area contributed by atoms with Gasteiger partial charge in [0, 0.05) is 35.8 Å². The maximum atomic E-state index is 12.7. The topological polar surface area (TPSA) is 58.3 Å². The maximum Gasteiger partial charge on any atom is 0.264 e. The highest BCUT2D eigenvalue weighted by atomic mass is 16.5. The number of fused-ring (bicyclic) bond motifs is 1. The molecule has 29 heavy (non-hydrogen) atoms. The molecule has 146 valence electrons. The highest BCUT2D eigenvalue weighted by Gasteiger charge is 2.22. The number of hydrogen-bond acceptors (Lipinski definition) is 3. The summed E-state index contributed by atoms with van der Waals surface area (Å²) in [6.45, 7) is 2.67. The third kappa shape index (κ3) is 4.17. The summed E-state index contributed by atoms with van der Waals surface area (Å²) in [6.07, 6.45) is 5.72. The minimum absolute atomic E-state index is 0.172. The van der Waals surface area contributed by atoms with E-state index >= 15 is 0 Å². The quantitative estimate of drug-likeness (QED) is 0.471. The largest absolute Gasteiger partial charge is 0.492 e. The molecule has 0 aliphatic carbocycles. The van der Waals surface area contributed by atoms with Crippen LogP contribution in [0.2, 0.25) is 0 Å². The molecule has 1 aliphatic heterocycles. The smallest absolute Gasteiger partial charge is 0.264 e. The van der Waals surface area contributed by atoms with Gasteiger partial charge in [-0.15, -0.1) is 0 Å². The first-order chi connectivity index (χ1) is 14.3. The highest BCUT2D eigenvalue weighted by molar-refractivity contribution is 6.04. The van der Waals surface area contributed by atoms with E-state index in [-0.39, 0.29) is 11.5 Å². The molecular formula is C24H23N3O2. The number of likely N-dealkylation sites (tertiary alicyclic amines) is 1. The maximum absolute atomic E-state index is 12.7. The number of rotatable bonds is 6. The predicted octanol–water partition coefficient (Wildman–Crippen LogP) is 4.25. The molecule has 0 bridgehead atoms. The van der Waals surface area contributed by atoms with Crippen molar-refractivity contribution in [3.05, 3.63) is 71.9 Å². The number of benzene rings is 2. The van der Waals surface area contributed by atoms with Crippen LogP contribution in [0.25, 0.3) is 17.0 Å². The van der Waals surface area contributed by atoms with Gasteiger partial charge in [0.25, 0.3) is 5.91 Å². The molecule has 1 aliphatic rings. The fraction of sp³-hybridized carbons (Fsp3) is 0.250. The summed E-state index contributed by atoms with van der Waals surface area (Å²) in [5.41, 5.74) is 2.13. The van der Waals surface area contributed by atoms with Crippen molar-refractivity contribution in [2.45, 2.75) is 19.4 Å². The molecule has 2 aromatic carbocycles. The van der Waals surface area contributed by atoms with E-state index in [9.17, 15) is 10.1 Å². The zero-order valence-corrected chi connectivity index (χ0v) is 16.3. The van der Waals surface area contributed by atoms with Gasteiger partial charge in [-0.05, 0) is 37.1 Å². The van der Waals surface area contributed by atoms with Crippen LogP contribution in [0.15, 0.2) is 66.4 Å². The third-order valence-electron chi connectivity index (χ3n) is 5.21. The van der Waals surface area contributed by atoms with Crippen LogP contribution in [0.3, 0.4) is 0 Å². The zero-order valence-electron chi connectivity index (χ0n) is 16.3. The van der Waals surface area contributed by atoms with Crippen LogP contribution in [-0.4, -0.2) is 35.1 Å². The van der Waals surface area contributed by atoms with Gasteiger partial charge in [-0.2, -0.15) is 5.26 Å². The van der Waals surface area contributed by atoms with E-state index < -0.39 is 0 Å². The first-order valence-corrected chi connectivity index (χ1v) is 9.93. The molecule has 1 aromatic heterocycles. The highest BCUT2D eigenvalue weighted by Crippen LogP contribution is 2.24. The summed E-state index contributed by atoms with van der Waals surface area (Å²) in [7, 11) is 0. The molecule has 0 spiro atoms. The van der Waals surface area contributed by atoms with Crippen LogP contribution >= 0.6 is 0 Å². The minimum atomic E-state index is -0.172. The summed E-state index contributed by atoms with van der Waals surface area (Å²) in [4.78, 5) is 14.4. The lowest BCUT2D eigenvalue weighted by Crippen LogP contribution is -2.28. The normalized spacial score (nSPS) is 14.2. The van der Waals surface area contributed by atoms with Crippen LogP contribution in [0, 0.1) is 11.3 Å². The second kappa shape index (κ2) is 8.66. The van der Waals surface area contributed by atoms with Crippen molar-refractivity contribution in [1.82, 2.24) is 9.47 Å². The van der Waals surface area contributed by atoms with Crippen LogP contribution in [0.1, 0.15) is 18.4 Å². The molecule has 0 radical (unpaired) electrons. The van der Waals surface area contributed by atoms with Crippen LogP contribution in [-0.2, 0) is 11.3 Å². The van der Waals surface area contributed by atoms with Gasteiger partial charge in [0.2, 0.25) is 0 Å². The van der Waals surface area contributed by atoms with Crippen LogP contribution < -0.4 is 4.74 Å². The average Bonchev–Trinajstić information content (AvgIpc) is 3.41. The van der Waals surface area contributed by atoms with Gasteiger partial charge in [-0.1, -0.05) is 36.4 Å². The van der Waals surface area contributed by atoms with Crippen molar-refractivity contribution in [3.8, 4) is 11.8 Å². The fourth-order valence-corrected chi connectivity index (χ4v) is 3.74. The van der Waals surface area contributed by atoms with Gasteiger partial charge in [0.1, 0.15) is 24.0 Å². The first kappa shape index (κ1) is 18.8. The molecule has 0 atom stereocenters. The Bertz CT molecular complexity index is 1070. The number of carbonyl (C=O) groups is 1. The zero-order chi connectivity index (χ0) is 20.1. The number of nitriles is 1. The van der Waals surface area contributed by atoms with Gasteiger partial charge >= 0.3 is 0 Å². The Labute approximate surface area is 170 Å². The molecule has 0 N–H and O–H groups in total. The van der Waals surface area contributed by atoms with E-state index in [1.807, 2.05) is 60.8 Å². The van der Waals surface area contributed by atoms with Gasteiger partial charge in [0.05, 0.1) is 6.54 Å². The SMILES string of the molecule is N#C/C(=C\c1cn(CCOc2ccccc2)c2ccccc12)C(=O)N1CCCC1. The minimum Gasteiger partial charge on any atom is -0.492 e. The van der Waals surface area contributed by atoms with Crippen molar-refractivity contribution < 1.29 is 9.53 Å². The van der Waals surface area contributed by atoms with Gasteiger partial charge in [-0.3, -0.25) is 4.79 Å².